The standard InChI is InChI=1S/C13H17N3O2S/c1-9(14-10-6-7-19(17,18)8-10)13-15-11-4-2-3-5-12(11)16-13/h2-5,9-10,14H,6-8H2,1H3,(H,15,16). The fourth-order valence-electron chi connectivity index (χ4n) is 2.54. The van der Waals surface area contributed by atoms with E-state index in [-0.39, 0.29) is 23.6 Å². The Hall–Kier alpha value is -1.40. The highest BCUT2D eigenvalue weighted by molar-refractivity contribution is 7.91. The molecule has 6 heteroatoms. The number of aromatic nitrogens is 2. The summed E-state index contributed by atoms with van der Waals surface area (Å²) in [4.78, 5) is 7.79. The third kappa shape index (κ3) is 2.64. The molecular weight excluding hydrogens is 262 g/mol. The lowest BCUT2D eigenvalue weighted by molar-refractivity contribution is 0.472. The van der Waals surface area contributed by atoms with Crippen molar-refractivity contribution < 1.29 is 8.42 Å². The van der Waals surface area contributed by atoms with Crippen molar-refractivity contribution in [1.29, 1.82) is 0 Å². The lowest BCUT2D eigenvalue weighted by Gasteiger charge is -2.16. The molecule has 1 aromatic carbocycles. The van der Waals surface area contributed by atoms with E-state index in [4.69, 9.17) is 0 Å². The van der Waals surface area contributed by atoms with Crippen molar-refractivity contribution in [3.05, 3.63) is 30.1 Å². The number of benzene rings is 1. The summed E-state index contributed by atoms with van der Waals surface area (Å²) >= 11 is 0. The summed E-state index contributed by atoms with van der Waals surface area (Å²) in [5.74, 6) is 1.38. The van der Waals surface area contributed by atoms with Crippen molar-refractivity contribution in [3.8, 4) is 0 Å². The second-order valence-corrected chi connectivity index (χ2v) is 7.36. The number of rotatable bonds is 3. The van der Waals surface area contributed by atoms with Crippen LogP contribution in [0.25, 0.3) is 11.0 Å². The van der Waals surface area contributed by atoms with Gasteiger partial charge in [0.05, 0.1) is 28.6 Å². The van der Waals surface area contributed by atoms with E-state index in [0.717, 1.165) is 16.9 Å². The number of fused-ring (bicyclic) bond motifs is 1. The van der Waals surface area contributed by atoms with Crippen LogP contribution in [0.2, 0.25) is 0 Å². The number of H-pyrrole nitrogens is 1. The Kier molecular flexibility index (Phi) is 3.06. The van der Waals surface area contributed by atoms with Gasteiger partial charge >= 0.3 is 0 Å². The van der Waals surface area contributed by atoms with Crippen molar-refractivity contribution in [2.24, 2.45) is 0 Å². The molecule has 2 heterocycles. The third-order valence-electron chi connectivity index (χ3n) is 3.54. The molecule has 0 amide bonds. The number of nitrogens with zero attached hydrogens (tertiary/aromatic N) is 1. The highest BCUT2D eigenvalue weighted by Crippen LogP contribution is 2.19. The molecule has 1 saturated heterocycles. The van der Waals surface area contributed by atoms with Gasteiger partial charge in [-0.15, -0.1) is 0 Å². The van der Waals surface area contributed by atoms with Crippen molar-refractivity contribution in [3.63, 3.8) is 0 Å². The number of para-hydroxylation sites is 2. The predicted molar refractivity (Wildman–Crippen MR) is 74.7 cm³/mol. The van der Waals surface area contributed by atoms with Gasteiger partial charge in [-0.25, -0.2) is 13.4 Å². The smallest absolute Gasteiger partial charge is 0.151 e. The molecule has 2 aromatic rings. The second-order valence-electron chi connectivity index (χ2n) is 5.13. The first-order valence-electron chi connectivity index (χ1n) is 6.45. The molecule has 2 atom stereocenters. The van der Waals surface area contributed by atoms with E-state index < -0.39 is 9.84 Å². The molecule has 1 aliphatic rings. The molecule has 19 heavy (non-hydrogen) atoms. The van der Waals surface area contributed by atoms with Crippen LogP contribution in [0, 0.1) is 0 Å². The first-order chi connectivity index (χ1) is 9.03. The molecule has 2 unspecified atom stereocenters. The number of aromatic amines is 1. The molecule has 1 fully saturated rings. The zero-order valence-corrected chi connectivity index (χ0v) is 11.6. The topological polar surface area (TPSA) is 74.8 Å². The molecular formula is C13H17N3O2S. The summed E-state index contributed by atoms with van der Waals surface area (Å²) in [5, 5.41) is 3.34. The van der Waals surface area contributed by atoms with Crippen molar-refractivity contribution in [1.82, 2.24) is 15.3 Å². The minimum atomic E-state index is -2.84. The number of sulfone groups is 1. The van der Waals surface area contributed by atoms with Gasteiger partial charge < -0.3 is 10.3 Å². The van der Waals surface area contributed by atoms with E-state index in [1.165, 1.54) is 0 Å². The van der Waals surface area contributed by atoms with Gasteiger partial charge in [0.1, 0.15) is 5.82 Å². The van der Waals surface area contributed by atoms with Gasteiger partial charge in [0, 0.05) is 6.04 Å². The highest BCUT2D eigenvalue weighted by atomic mass is 32.2. The van der Waals surface area contributed by atoms with E-state index in [1.807, 2.05) is 31.2 Å². The third-order valence-corrected chi connectivity index (χ3v) is 5.30. The van der Waals surface area contributed by atoms with Gasteiger partial charge in [-0.1, -0.05) is 12.1 Å². The van der Waals surface area contributed by atoms with Gasteiger partial charge in [-0.2, -0.15) is 0 Å². The first-order valence-corrected chi connectivity index (χ1v) is 8.27. The largest absolute Gasteiger partial charge is 0.341 e. The molecule has 3 rings (SSSR count). The maximum atomic E-state index is 11.4. The van der Waals surface area contributed by atoms with Crippen LogP contribution in [0.4, 0.5) is 0 Å². The highest BCUT2D eigenvalue weighted by Gasteiger charge is 2.29. The summed E-state index contributed by atoms with van der Waals surface area (Å²) in [5.41, 5.74) is 1.94. The first kappa shape index (κ1) is 12.6. The number of hydrogen-bond acceptors (Lipinski definition) is 4. The minimum absolute atomic E-state index is 0.0192. The Morgan fingerprint density at radius 1 is 1.42 bits per heavy atom. The van der Waals surface area contributed by atoms with Gasteiger partial charge in [0.25, 0.3) is 0 Å². The van der Waals surface area contributed by atoms with Gasteiger partial charge in [-0.05, 0) is 25.5 Å². The SMILES string of the molecule is CC(NC1CCS(=O)(=O)C1)c1nc2ccccc2[nH]1. The number of nitrogens with one attached hydrogen (secondary N) is 2. The fraction of sp³-hybridized carbons (Fsp3) is 0.462. The Balaban J connectivity index is 1.75. The molecule has 2 N–H and O–H groups in total. The molecule has 1 aromatic heterocycles. The Bertz CT molecular complexity index is 660. The molecule has 5 nitrogen and oxygen atoms in total. The van der Waals surface area contributed by atoms with Crippen molar-refractivity contribution in [2.45, 2.75) is 25.4 Å². The number of imidazole rings is 1. The quantitative estimate of drug-likeness (QED) is 0.890. The zero-order chi connectivity index (χ0) is 13.5. The average Bonchev–Trinajstić information content (AvgIpc) is 2.92. The minimum Gasteiger partial charge on any atom is -0.341 e. The molecule has 0 spiro atoms. The van der Waals surface area contributed by atoms with Gasteiger partial charge in [0.2, 0.25) is 0 Å². The monoisotopic (exact) mass is 279 g/mol. The van der Waals surface area contributed by atoms with Crippen LogP contribution in [0.15, 0.2) is 24.3 Å². The maximum Gasteiger partial charge on any atom is 0.151 e. The normalized spacial score (nSPS) is 23.7. The van der Waals surface area contributed by atoms with E-state index in [0.29, 0.717) is 6.42 Å². The van der Waals surface area contributed by atoms with Crippen LogP contribution in [-0.2, 0) is 9.84 Å². The molecule has 102 valence electrons. The van der Waals surface area contributed by atoms with E-state index in [1.54, 1.807) is 0 Å². The summed E-state index contributed by atoms with van der Waals surface area (Å²) in [6, 6.07) is 7.92. The molecule has 0 aliphatic carbocycles. The summed E-state index contributed by atoms with van der Waals surface area (Å²) in [6.07, 6.45) is 0.687. The van der Waals surface area contributed by atoms with Crippen LogP contribution >= 0.6 is 0 Å². The summed E-state index contributed by atoms with van der Waals surface area (Å²) < 4.78 is 22.9. The Labute approximate surface area is 112 Å². The van der Waals surface area contributed by atoms with Crippen LogP contribution in [0.3, 0.4) is 0 Å². The number of hydrogen-bond donors (Lipinski definition) is 2. The average molecular weight is 279 g/mol. The van der Waals surface area contributed by atoms with E-state index in [2.05, 4.69) is 15.3 Å². The molecule has 1 aliphatic heterocycles. The van der Waals surface area contributed by atoms with Crippen LogP contribution in [0.5, 0.6) is 0 Å². The Morgan fingerprint density at radius 2 is 2.21 bits per heavy atom. The summed E-state index contributed by atoms with van der Waals surface area (Å²) in [7, 11) is -2.84. The second kappa shape index (κ2) is 4.61. The molecule has 0 bridgehead atoms. The maximum absolute atomic E-state index is 11.4. The zero-order valence-electron chi connectivity index (χ0n) is 10.8. The van der Waals surface area contributed by atoms with E-state index in [9.17, 15) is 8.42 Å². The van der Waals surface area contributed by atoms with Crippen LogP contribution in [-0.4, -0.2) is 35.9 Å². The lowest BCUT2D eigenvalue weighted by atomic mass is 10.2. The van der Waals surface area contributed by atoms with Crippen LogP contribution < -0.4 is 5.32 Å². The predicted octanol–water partition coefficient (Wildman–Crippen LogP) is 1.40. The van der Waals surface area contributed by atoms with Crippen LogP contribution in [0.1, 0.15) is 25.2 Å². The summed E-state index contributed by atoms with van der Waals surface area (Å²) in [6.45, 7) is 2.00. The van der Waals surface area contributed by atoms with Crippen molar-refractivity contribution >= 4 is 20.9 Å². The Morgan fingerprint density at radius 3 is 2.89 bits per heavy atom. The molecule has 0 radical (unpaired) electrons. The van der Waals surface area contributed by atoms with E-state index >= 15 is 0 Å². The van der Waals surface area contributed by atoms with Gasteiger partial charge in [-0.3, -0.25) is 0 Å². The van der Waals surface area contributed by atoms with Crippen molar-refractivity contribution in [2.75, 3.05) is 11.5 Å². The lowest BCUT2D eigenvalue weighted by Crippen LogP contribution is -2.32. The fourth-order valence-corrected chi connectivity index (χ4v) is 4.22. The van der Waals surface area contributed by atoms with Gasteiger partial charge in [0.15, 0.2) is 9.84 Å². The molecule has 0 saturated carbocycles.